The Bertz CT molecular complexity index is 468. The van der Waals surface area contributed by atoms with Crippen molar-refractivity contribution in [3.63, 3.8) is 0 Å². The molecule has 3 N–H and O–H groups in total. The lowest BCUT2D eigenvalue weighted by molar-refractivity contribution is -0.0277. The number of nitrogens with one attached hydrogen (secondary N) is 1. The summed E-state index contributed by atoms with van der Waals surface area (Å²) in [5.74, 6) is 0.123. The normalized spacial score (nSPS) is 18.7. The lowest BCUT2D eigenvalue weighted by Gasteiger charge is -2.40. The topological polar surface area (TPSA) is 62.3 Å². The highest BCUT2D eigenvalue weighted by atomic mass is 16.5. The molecule has 1 aliphatic heterocycles. The Morgan fingerprint density at radius 2 is 2.17 bits per heavy atom. The molecule has 1 fully saturated rings. The van der Waals surface area contributed by atoms with Gasteiger partial charge in [-0.3, -0.25) is 5.41 Å². The van der Waals surface area contributed by atoms with Gasteiger partial charge < -0.3 is 15.4 Å². The molecule has 0 unspecified atom stereocenters. The average molecular weight is 247 g/mol. The van der Waals surface area contributed by atoms with Crippen LogP contribution in [0.2, 0.25) is 0 Å². The summed E-state index contributed by atoms with van der Waals surface area (Å²) in [5.41, 5.74) is 8.56. The van der Waals surface area contributed by atoms with Gasteiger partial charge in [0.2, 0.25) is 0 Å². The van der Waals surface area contributed by atoms with Gasteiger partial charge in [-0.05, 0) is 32.4 Å². The first-order valence-corrected chi connectivity index (χ1v) is 6.24. The second-order valence-corrected chi connectivity index (χ2v) is 5.41. The van der Waals surface area contributed by atoms with Crippen LogP contribution in [0.5, 0.6) is 0 Å². The Hall–Kier alpha value is -1.55. The van der Waals surface area contributed by atoms with Gasteiger partial charge in [-0.15, -0.1) is 0 Å². The number of benzene rings is 1. The minimum Gasteiger partial charge on any atom is -0.384 e. The molecular formula is C14H21N3O. The summed E-state index contributed by atoms with van der Waals surface area (Å²) in [7, 11) is 0. The van der Waals surface area contributed by atoms with Gasteiger partial charge in [-0.25, -0.2) is 0 Å². The molecule has 0 saturated carbocycles. The van der Waals surface area contributed by atoms with E-state index in [1.807, 2.05) is 12.1 Å². The first-order chi connectivity index (χ1) is 8.41. The minimum absolute atomic E-state index is 0.123. The summed E-state index contributed by atoms with van der Waals surface area (Å²) in [6.07, 6.45) is 0. The summed E-state index contributed by atoms with van der Waals surface area (Å²) in [4.78, 5) is 2.27. The summed E-state index contributed by atoms with van der Waals surface area (Å²) in [5, 5.41) is 7.71. The monoisotopic (exact) mass is 247 g/mol. The third kappa shape index (κ3) is 2.48. The minimum atomic E-state index is -0.158. The number of aryl methyl sites for hydroxylation is 1. The van der Waals surface area contributed by atoms with Crippen LogP contribution in [0.3, 0.4) is 0 Å². The van der Waals surface area contributed by atoms with Crippen LogP contribution >= 0.6 is 0 Å². The molecule has 1 aromatic rings. The van der Waals surface area contributed by atoms with E-state index in [9.17, 15) is 0 Å². The average Bonchev–Trinajstić information content (AvgIpc) is 2.27. The molecular weight excluding hydrogens is 226 g/mol. The molecule has 98 valence electrons. The van der Waals surface area contributed by atoms with E-state index in [0.717, 1.165) is 29.9 Å². The van der Waals surface area contributed by atoms with Gasteiger partial charge in [0.25, 0.3) is 0 Å². The fourth-order valence-corrected chi connectivity index (χ4v) is 2.50. The van der Waals surface area contributed by atoms with Crippen LogP contribution < -0.4 is 10.6 Å². The van der Waals surface area contributed by atoms with Crippen molar-refractivity contribution in [2.24, 2.45) is 5.73 Å². The number of hydrogen-bond donors (Lipinski definition) is 2. The Morgan fingerprint density at radius 3 is 2.78 bits per heavy atom. The molecule has 4 nitrogen and oxygen atoms in total. The zero-order valence-electron chi connectivity index (χ0n) is 11.3. The molecule has 0 spiro atoms. The van der Waals surface area contributed by atoms with E-state index in [-0.39, 0.29) is 11.4 Å². The van der Waals surface area contributed by atoms with Gasteiger partial charge in [0, 0.05) is 18.7 Å². The number of nitrogens with two attached hydrogens (primary N) is 1. The van der Waals surface area contributed by atoms with E-state index >= 15 is 0 Å². The lowest BCUT2D eigenvalue weighted by Crippen LogP contribution is -2.49. The van der Waals surface area contributed by atoms with Crippen LogP contribution in [0.4, 0.5) is 5.69 Å². The quantitative estimate of drug-likeness (QED) is 0.619. The van der Waals surface area contributed by atoms with Crippen LogP contribution in [0.1, 0.15) is 25.0 Å². The van der Waals surface area contributed by atoms with Crippen molar-refractivity contribution in [3.8, 4) is 0 Å². The van der Waals surface area contributed by atoms with Crippen molar-refractivity contribution in [1.82, 2.24) is 0 Å². The van der Waals surface area contributed by atoms with Gasteiger partial charge in [0.15, 0.2) is 0 Å². The predicted molar refractivity (Wildman–Crippen MR) is 74.4 cm³/mol. The molecule has 1 saturated heterocycles. The molecule has 0 aliphatic carbocycles. The second kappa shape index (κ2) is 4.61. The maximum atomic E-state index is 7.71. The summed E-state index contributed by atoms with van der Waals surface area (Å²) < 4.78 is 5.73. The van der Waals surface area contributed by atoms with Gasteiger partial charge in [-0.1, -0.05) is 12.1 Å². The van der Waals surface area contributed by atoms with E-state index in [4.69, 9.17) is 15.9 Å². The molecule has 0 bridgehead atoms. The maximum Gasteiger partial charge on any atom is 0.124 e. The van der Waals surface area contributed by atoms with Crippen molar-refractivity contribution >= 4 is 11.5 Å². The molecule has 18 heavy (non-hydrogen) atoms. The molecule has 0 atom stereocenters. The Kier molecular flexibility index (Phi) is 3.30. The number of nitrogens with zero attached hydrogens (tertiary/aromatic N) is 1. The van der Waals surface area contributed by atoms with E-state index < -0.39 is 0 Å². The summed E-state index contributed by atoms with van der Waals surface area (Å²) in [6.45, 7) is 8.60. The van der Waals surface area contributed by atoms with E-state index in [1.54, 1.807) is 0 Å². The van der Waals surface area contributed by atoms with Crippen LogP contribution in [0.25, 0.3) is 0 Å². The number of hydrogen-bond acceptors (Lipinski definition) is 3. The van der Waals surface area contributed by atoms with E-state index in [1.165, 1.54) is 0 Å². The van der Waals surface area contributed by atoms with Crippen molar-refractivity contribution in [3.05, 3.63) is 29.3 Å². The second-order valence-electron chi connectivity index (χ2n) is 5.41. The van der Waals surface area contributed by atoms with E-state index in [2.05, 4.69) is 31.7 Å². The molecule has 2 rings (SSSR count). The molecule has 0 amide bonds. The number of morpholine rings is 1. The summed E-state index contributed by atoms with van der Waals surface area (Å²) >= 11 is 0. The Balaban J connectivity index is 2.41. The third-order valence-corrected chi connectivity index (χ3v) is 3.27. The fourth-order valence-electron chi connectivity index (χ4n) is 2.50. The fraction of sp³-hybridized carbons (Fsp3) is 0.500. The predicted octanol–water partition coefficient (Wildman–Crippen LogP) is 1.89. The van der Waals surface area contributed by atoms with Crippen LogP contribution in [0, 0.1) is 12.3 Å². The van der Waals surface area contributed by atoms with Gasteiger partial charge in [0.05, 0.1) is 17.9 Å². The van der Waals surface area contributed by atoms with Gasteiger partial charge >= 0.3 is 0 Å². The number of nitrogen functional groups attached to an aromatic ring is 1. The summed E-state index contributed by atoms with van der Waals surface area (Å²) in [6, 6.07) is 5.92. The zero-order chi connectivity index (χ0) is 13.3. The van der Waals surface area contributed by atoms with Crippen LogP contribution in [-0.4, -0.2) is 31.1 Å². The number of para-hydroxylation sites is 1. The highest BCUT2D eigenvalue weighted by Gasteiger charge is 2.29. The number of anilines is 1. The molecule has 0 radical (unpaired) electrons. The number of amidine groups is 1. The SMILES string of the molecule is Cc1cccc(C(=N)N)c1N1CCOC(C)(C)C1. The van der Waals surface area contributed by atoms with Gasteiger partial charge in [0.1, 0.15) is 5.84 Å². The molecule has 1 heterocycles. The molecule has 1 aromatic carbocycles. The number of ether oxygens (including phenoxy) is 1. The zero-order valence-corrected chi connectivity index (χ0v) is 11.3. The number of rotatable bonds is 2. The van der Waals surface area contributed by atoms with Crippen molar-refractivity contribution in [2.75, 3.05) is 24.6 Å². The first kappa shape index (κ1) is 12.9. The molecule has 0 aromatic heterocycles. The van der Waals surface area contributed by atoms with Crippen molar-refractivity contribution in [1.29, 1.82) is 5.41 Å². The Labute approximate surface area is 108 Å². The Morgan fingerprint density at radius 1 is 1.44 bits per heavy atom. The smallest absolute Gasteiger partial charge is 0.124 e. The van der Waals surface area contributed by atoms with Crippen LogP contribution in [-0.2, 0) is 4.74 Å². The van der Waals surface area contributed by atoms with Crippen LogP contribution in [0.15, 0.2) is 18.2 Å². The standard InChI is InChI=1S/C14H21N3O/c1-10-5-4-6-11(13(15)16)12(10)17-7-8-18-14(2,3)9-17/h4-6H,7-9H2,1-3H3,(H3,15,16). The molecule has 1 aliphatic rings. The van der Waals surface area contributed by atoms with Crippen molar-refractivity contribution in [2.45, 2.75) is 26.4 Å². The highest BCUT2D eigenvalue weighted by molar-refractivity contribution is 6.01. The third-order valence-electron chi connectivity index (χ3n) is 3.27. The highest BCUT2D eigenvalue weighted by Crippen LogP contribution is 2.29. The first-order valence-electron chi connectivity index (χ1n) is 6.24. The lowest BCUT2D eigenvalue weighted by atomic mass is 10.0. The van der Waals surface area contributed by atoms with Crippen molar-refractivity contribution < 1.29 is 4.74 Å². The molecule has 4 heteroatoms. The maximum absolute atomic E-state index is 7.71. The van der Waals surface area contributed by atoms with Gasteiger partial charge in [-0.2, -0.15) is 0 Å². The largest absolute Gasteiger partial charge is 0.384 e. The van der Waals surface area contributed by atoms with E-state index in [0.29, 0.717) is 6.61 Å².